The summed E-state index contributed by atoms with van der Waals surface area (Å²) in [6.45, 7) is 0.120. The van der Waals surface area contributed by atoms with Crippen LogP contribution in [-0.4, -0.2) is 31.9 Å². The maximum absolute atomic E-state index is 13.3. The standard InChI is InChI=1S/C22H16FNO5S/c23-14-6-3-12(4-7-14)20(27)18-19(13-5-8-16(25)17(26)10-13)24(22(29)21(18)28)11-15-2-1-9-30-15/h1-10,19,25-27H,11H2/b20-18+. The van der Waals surface area contributed by atoms with Gasteiger partial charge in [-0.25, -0.2) is 4.39 Å². The predicted octanol–water partition coefficient (Wildman–Crippen LogP) is 3.92. The van der Waals surface area contributed by atoms with Gasteiger partial charge in [0, 0.05) is 10.4 Å². The number of nitrogens with zero attached hydrogens (tertiary/aromatic N) is 1. The third-order valence-corrected chi connectivity index (χ3v) is 5.74. The summed E-state index contributed by atoms with van der Waals surface area (Å²) >= 11 is 1.41. The number of thiophene rings is 1. The van der Waals surface area contributed by atoms with Crippen molar-refractivity contribution in [2.24, 2.45) is 0 Å². The van der Waals surface area contributed by atoms with Crippen molar-refractivity contribution in [3.05, 3.63) is 87.4 Å². The monoisotopic (exact) mass is 425 g/mol. The van der Waals surface area contributed by atoms with E-state index in [-0.39, 0.29) is 23.4 Å². The highest BCUT2D eigenvalue weighted by molar-refractivity contribution is 7.09. The average Bonchev–Trinajstić information content (AvgIpc) is 3.33. The number of phenolic OH excluding ortho intramolecular Hbond substituents is 2. The molecule has 1 unspecified atom stereocenters. The number of phenols is 2. The maximum Gasteiger partial charge on any atom is 0.295 e. The van der Waals surface area contributed by atoms with Gasteiger partial charge in [-0.15, -0.1) is 11.3 Å². The van der Waals surface area contributed by atoms with E-state index in [4.69, 9.17) is 0 Å². The fourth-order valence-corrected chi connectivity index (χ4v) is 4.14. The third-order valence-electron chi connectivity index (χ3n) is 4.88. The van der Waals surface area contributed by atoms with Crippen molar-refractivity contribution in [3.63, 3.8) is 0 Å². The van der Waals surface area contributed by atoms with Crippen LogP contribution in [0.2, 0.25) is 0 Å². The number of aliphatic hydroxyl groups is 1. The molecule has 2 heterocycles. The van der Waals surface area contributed by atoms with Gasteiger partial charge in [0.05, 0.1) is 18.2 Å². The number of ketones is 1. The fourth-order valence-electron chi connectivity index (χ4n) is 3.43. The lowest BCUT2D eigenvalue weighted by Gasteiger charge is -2.25. The second kappa shape index (κ2) is 7.64. The number of halogens is 1. The number of Topliss-reactive ketones (excluding diaryl/α,β-unsaturated/α-hetero) is 1. The number of benzene rings is 2. The number of amides is 1. The van der Waals surface area contributed by atoms with Gasteiger partial charge in [-0.1, -0.05) is 12.1 Å². The summed E-state index contributed by atoms with van der Waals surface area (Å²) < 4.78 is 13.3. The largest absolute Gasteiger partial charge is 0.507 e. The van der Waals surface area contributed by atoms with Crippen molar-refractivity contribution < 1.29 is 29.3 Å². The van der Waals surface area contributed by atoms with Gasteiger partial charge in [0.15, 0.2) is 11.5 Å². The van der Waals surface area contributed by atoms with E-state index in [1.807, 2.05) is 17.5 Å². The quantitative estimate of drug-likeness (QED) is 0.255. The Bertz CT molecular complexity index is 1150. The average molecular weight is 425 g/mol. The first-order valence-corrected chi connectivity index (χ1v) is 9.83. The summed E-state index contributed by atoms with van der Waals surface area (Å²) in [6, 6.07) is 11.5. The van der Waals surface area contributed by atoms with E-state index < -0.39 is 35.1 Å². The molecule has 6 nitrogen and oxygen atoms in total. The molecule has 152 valence electrons. The Labute approximate surface area is 174 Å². The zero-order chi connectivity index (χ0) is 21.4. The van der Waals surface area contributed by atoms with Crippen LogP contribution in [0.15, 0.2) is 65.6 Å². The molecule has 3 N–H and O–H groups in total. The minimum Gasteiger partial charge on any atom is -0.507 e. The molecule has 1 aliphatic rings. The van der Waals surface area contributed by atoms with Crippen LogP contribution in [0, 0.1) is 5.82 Å². The summed E-state index contributed by atoms with van der Waals surface area (Å²) in [6.07, 6.45) is 0. The highest BCUT2D eigenvalue weighted by atomic mass is 32.1. The van der Waals surface area contributed by atoms with Crippen LogP contribution in [0.5, 0.6) is 11.5 Å². The first kappa shape index (κ1) is 19.7. The molecule has 30 heavy (non-hydrogen) atoms. The van der Waals surface area contributed by atoms with Crippen LogP contribution in [0.4, 0.5) is 4.39 Å². The molecule has 0 aliphatic carbocycles. The lowest BCUT2D eigenvalue weighted by atomic mass is 9.95. The van der Waals surface area contributed by atoms with E-state index in [1.165, 1.54) is 46.6 Å². The second-order valence-corrected chi connectivity index (χ2v) is 7.79. The number of aliphatic hydroxyl groups excluding tert-OH is 1. The van der Waals surface area contributed by atoms with Crippen molar-refractivity contribution in [2.75, 3.05) is 0 Å². The minimum atomic E-state index is -0.997. The summed E-state index contributed by atoms with van der Waals surface area (Å²) in [5.74, 6) is -3.41. The minimum absolute atomic E-state index is 0.120. The Kier molecular flexibility index (Phi) is 5.01. The van der Waals surface area contributed by atoms with Crippen LogP contribution in [0.1, 0.15) is 22.0 Å². The number of rotatable bonds is 4. The summed E-state index contributed by atoms with van der Waals surface area (Å²) in [5, 5.41) is 32.3. The number of carbonyl (C=O) groups is 2. The van der Waals surface area contributed by atoms with E-state index in [9.17, 15) is 29.3 Å². The lowest BCUT2D eigenvalue weighted by molar-refractivity contribution is -0.140. The molecule has 0 saturated carbocycles. The predicted molar refractivity (Wildman–Crippen MR) is 108 cm³/mol. The zero-order valence-electron chi connectivity index (χ0n) is 15.4. The molecule has 0 spiro atoms. The Morgan fingerprint density at radius 2 is 1.77 bits per heavy atom. The van der Waals surface area contributed by atoms with E-state index in [1.54, 1.807) is 0 Å². The molecular formula is C22H16FNO5S. The van der Waals surface area contributed by atoms with Crippen molar-refractivity contribution in [3.8, 4) is 11.5 Å². The Balaban J connectivity index is 1.88. The molecule has 4 rings (SSSR count). The van der Waals surface area contributed by atoms with Gasteiger partial charge in [0.2, 0.25) is 0 Å². The summed E-state index contributed by atoms with van der Waals surface area (Å²) in [7, 11) is 0. The molecule has 1 aliphatic heterocycles. The number of hydrogen-bond acceptors (Lipinski definition) is 6. The highest BCUT2D eigenvalue weighted by Crippen LogP contribution is 2.42. The first-order valence-electron chi connectivity index (χ1n) is 8.95. The molecule has 0 radical (unpaired) electrons. The van der Waals surface area contributed by atoms with E-state index >= 15 is 0 Å². The van der Waals surface area contributed by atoms with E-state index in [2.05, 4.69) is 0 Å². The number of hydrogen-bond donors (Lipinski definition) is 3. The van der Waals surface area contributed by atoms with Gasteiger partial charge in [-0.3, -0.25) is 9.59 Å². The van der Waals surface area contributed by atoms with Gasteiger partial charge in [-0.2, -0.15) is 0 Å². The molecule has 1 atom stereocenters. The maximum atomic E-state index is 13.3. The molecule has 1 saturated heterocycles. The van der Waals surface area contributed by atoms with Crippen molar-refractivity contribution in [1.82, 2.24) is 4.90 Å². The third kappa shape index (κ3) is 3.42. The normalized spacial score (nSPS) is 18.2. The topological polar surface area (TPSA) is 98.1 Å². The molecule has 2 aromatic carbocycles. The highest BCUT2D eigenvalue weighted by Gasteiger charge is 2.46. The van der Waals surface area contributed by atoms with Gasteiger partial charge in [0.25, 0.3) is 11.7 Å². The van der Waals surface area contributed by atoms with Crippen molar-refractivity contribution in [1.29, 1.82) is 0 Å². The van der Waals surface area contributed by atoms with Gasteiger partial charge in [-0.05, 0) is 53.4 Å². The Morgan fingerprint density at radius 1 is 1.03 bits per heavy atom. The van der Waals surface area contributed by atoms with Crippen molar-refractivity contribution in [2.45, 2.75) is 12.6 Å². The molecule has 3 aromatic rings. The summed E-state index contributed by atoms with van der Waals surface area (Å²) in [4.78, 5) is 27.8. The van der Waals surface area contributed by atoms with Crippen LogP contribution < -0.4 is 0 Å². The Morgan fingerprint density at radius 3 is 2.40 bits per heavy atom. The molecule has 8 heteroatoms. The van der Waals surface area contributed by atoms with Crippen LogP contribution >= 0.6 is 11.3 Å². The smallest absolute Gasteiger partial charge is 0.295 e. The fraction of sp³-hybridized carbons (Fsp3) is 0.0909. The Hall–Kier alpha value is -3.65. The number of carbonyl (C=O) groups excluding carboxylic acids is 2. The van der Waals surface area contributed by atoms with Crippen molar-refractivity contribution >= 4 is 28.8 Å². The van der Waals surface area contributed by atoms with Crippen LogP contribution in [-0.2, 0) is 16.1 Å². The van der Waals surface area contributed by atoms with Gasteiger partial charge < -0.3 is 20.2 Å². The van der Waals surface area contributed by atoms with E-state index in [0.717, 1.165) is 17.0 Å². The molecule has 1 amide bonds. The molecule has 0 bridgehead atoms. The van der Waals surface area contributed by atoms with Gasteiger partial charge >= 0.3 is 0 Å². The lowest BCUT2D eigenvalue weighted by Crippen LogP contribution is -2.28. The molecule has 1 aromatic heterocycles. The zero-order valence-corrected chi connectivity index (χ0v) is 16.3. The van der Waals surface area contributed by atoms with Crippen LogP contribution in [0.25, 0.3) is 5.76 Å². The molecular weight excluding hydrogens is 409 g/mol. The van der Waals surface area contributed by atoms with Crippen LogP contribution in [0.3, 0.4) is 0 Å². The first-order chi connectivity index (χ1) is 14.4. The number of aromatic hydroxyl groups is 2. The summed E-state index contributed by atoms with van der Waals surface area (Å²) in [5.41, 5.74) is 0.344. The van der Waals surface area contributed by atoms with Gasteiger partial charge in [0.1, 0.15) is 11.6 Å². The SMILES string of the molecule is O=C1C(=O)N(Cc2cccs2)C(c2ccc(O)c(O)c2)/C1=C(\O)c1ccc(F)cc1. The second-order valence-electron chi connectivity index (χ2n) is 6.76. The number of likely N-dealkylation sites (tertiary alicyclic amines) is 1. The molecule has 1 fully saturated rings. The van der Waals surface area contributed by atoms with E-state index in [0.29, 0.717) is 5.56 Å².